The van der Waals surface area contributed by atoms with Gasteiger partial charge in [-0.3, -0.25) is 9.69 Å². The molecule has 4 aromatic carbocycles. The average molecular weight is 510 g/mol. The highest BCUT2D eigenvalue weighted by Crippen LogP contribution is 2.37. The summed E-state index contributed by atoms with van der Waals surface area (Å²) in [4.78, 5) is 15.3. The van der Waals surface area contributed by atoms with Crippen molar-refractivity contribution < 1.29 is 9.53 Å². The first-order valence-corrected chi connectivity index (χ1v) is 11.7. The van der Waals surface area contributed by atoms with Gasteiger partial charge in [-0.25, -0.2) is 0 Å². The normalized spacial score (nSPS) is 15.0. The Bertz CT molecular complexity index is 1360. The van der Waals surface area contributed by atoms with Gasteiger partial charge in [-0.05, 0) is 66.2 Å². The number of halogens is 3. The lowest BCUT2D eigenvalue weighted by atomic mass is 10.0. The van der Waals surface area contributed by atoms with Crippen LogP contribution in [0, 0.1) is 0 Å². The van der Waals surface area contributed by atoms with Crippen LogP contribution in [0.2, 0.25) is 15.1 Å². The minimum Gasteiger partial charge on any atom is -0.489 e. The van der Waals surface area contributed by atoms with Crippen molar-refractivity contribution in [1.29, 1.82) is 0 Å². The zero-order valence-electron chi connectivity index (χ0n) is 17.8. The zero-order valence-corrected chi connectivity index (χ0v) is 20.1. The predicted octanol–water partition coefficient (Wildman–Crippen LogP) is 8.00. The van der Waals surface area contributed by atoms with Gasteiger partial charge in [0.1, 0.15) is 18.5 Å². The fourth-order valence-corrected chi connectivity index (χ4v) is 4.52. The van der Waals surface area contributed by atoms with Crippen LogP contribution in [-0.2, 0) is 6.61 Å². The SMILES string of the molecule is O=C1c2ccccc2NC(c2cccc(OCc3ccc(Cl)cc3Cl)c2)N1c1ccc(Cl)cc1. The highest BCUT2D eigenvalue weighted by atomic mass is 35.5. The van der Waals surface area contributed by atoms with E-state index in [0.717, 1.165) is 22.5 Å². The summed E-state index contributed by atoms with van der Waals surface area (Å²) in [6.07, 6.45) is -0.439. The number of carbonyl (C=O) groups is 1. The lowest BCUT2D eigenvalue weighted by Gasteiger charge is -2.38. The molecule has 0 spiro atoms. The van der Waals surface area contributed by atoms with Gasteiger partial charge in [0, 0.05) is 32.0 Å². The fraction of sp³-hybridized carbons (Fsp3) is 0.0741. The van der Waals surface area contributed by atoms with Crippen molar-refractivity contribution in [1.82, 2.24) is 0 Å². The largest absolute Gasteiger partial charge is 0.489 e. The molecule has 1 aliphatic rings. The van der Waals surface area contributed by atoms with E-state index in [4.69, 9.17) is 39.5 Å². The van der Waals surface area contributed by atoms with Crippen LogP contribution in [-0.4, -0.2) is 5.91 Å². The second kappa shape index (κ2) is 9.59. The van der Waals surface area contributed by atoms with Gasteiger partial charge in [0.2, 0.25) is 0 Å². The Morgan fingerprint density at radius 3 is 2.38 bits per heavy atom. The lowest BCUT2D eigenvalue weighted by Crippen LogP contribution is -2.43. The molecule has 1 N–H and O–H groups in total. The Hall–Kier alpha value is -3.18. The van der Waals surface area contributed by atoms with E-state index in [2.05, 4.69) is 5.32 Å². The Balaban J connectivity index is 1.48. The van der Waals surface area contributed by atoms with Crippen LogP contribution in [0.4, 0.5) is 11.4 Å². The summed E-state index contributed by atoms with van der Waals surface area (Å²) in [5, 5.41) is 5.23. The first kappa shape index (κ1) is 22.6. The number of hydrogen-bond donors (Lipinski definition) is 1. The number of hydrogen-bond acceptors (Lipinski definition) is 3. The number of fused-ring (bicyclic) bond motifs is 1. The van der Waals surface area contributed by atoms with Gasteiger partial charge in [0.05, 0.1) is 5.56 Å². The maximum absolute atomic E-state index is 13.5. The van der Waals surface area contributed by atoms with Gasteiger partial charge in [0.25, 0.3) is 5.91 Å². The Morgan fingerprint density at radius 2 is 1.59 bits per heavy atom. The highest BCUT2D eigenvalue weighted by molar-refractivity contribution is 6.35. The van der Waals surface area contributed by atoms with E-state index in [1.54, 1.807) is 29.2 Å². The molecule has 1 heterocycles. The van der Waals surface area contributed by atoms with Gasteiger partial charge in [0.15, 0.2) is 0 Å². The van der Waals surface area contributed by atoms with Crippen LogP contribution in [0.5, 0.6) is 5.75 Å². The minimum atomic E-state index is -0.439. The molecule has 170 valence electrons. The van der Waals surface area contributed by atoms with Gasteiger partial charge in [-0.15, -0.1) is 0 Å². The number of anilines is 2. The number of nitrogens with one attached hydrogen (secondary N) is 1. The monoisotopic (exact) mass is 508 g/mol. The molecule has 5 rings (SSSR count). The number of para-hydroxylation sites is 1. The Labute approximate surface area is 212 Å². The molecule has 4 aromatic rings. The van der Waals surface area contributed by atoms with Crippen LogP contribution >= 0.6 is 34.8 Å². The van der Waals surface area contributed by atoms with Crippen molar-refractivity contribution in [2.75, 3.05) is 10.2 Å². The van der Waals surface area contributed by atoms with E-state index in [1.165, 1.54) is 0 Å². The van der Waals surface area contributed by atoms with Gasteiger partial charge >= 0.3 is 0 Å². The van der Waals surface area contributed by atoms with Crippen LogP contribution < -0.4 is 15.0 Å². The molecule has 0 saturated carbocycles. The van der Waals surface area contributed by atoms with Crippen molar-refractivity contribution in [2.24, 2.45) is 0 Å². The topological polar surface area (TPSA) is 41.6 Å². The highest BCUT2D eigenvalue weighted by Gasteiger charge is 2.34. The molecule has 1 atom stereocenters. The smallest absolute Gasteiger partial charge is 0.262 e. The molecule has 0 saturated heterocycles. The Kier molecular flexibility index (Phi) is 6.38. The number of nitrogens with zero attached hydrogens (tertiary/aromatic N) is 1. The quantitative estimate of drug-likeness (QED) is 0.296. The molecular weight excluding hydrogens is 491 g/mol. The van der Waals surface area contributed by atoms with Crippen molar-refractivity contribution in [3.05, 3.63) is 123 Å². The van der Waals surface area contributed by atoms with Crippen molar-refractivity contribution >= 4 is 52.1 Å². The lowest BCUT2D eigenvalue weighted by molar-refractivity contribution is 0.0975. The summed E-state index contributed by atoms with van der Waals surface area (Å²) < 4.78 is 6.02. The molecule has 7 heteroatoms. The molecule has 0 aliphatic carbocycles. The molecule has 0 bridgehead atoms. The average Bonchev–Trinajstić information content (AvgIpc) is 2.84. The maximum atomic E-state index is 13.5. The predicted molar refractivity (Wildman–Crippen MR) is 138 cm³/mol. The minimum absolute atomic E-state index is 0.0964. The molecule has 34 heavy (non-hydrogen) atoms. The molecule has 0 aromatic heterocycles. The summed E-state index contributed by atoms with van der Waals surface area (Å²) in [6.45, 7) is 0.292. The molecule has 1 aliphatic heterocycles. The number of ether oxygens (including phenoxy) is 1. The van der Waals surface area contributed by atoms with E-state index < -0.39 is 6.17 Å². The number of rotatable bonds is 5. The van der Waals surface area contributed by atoms with E-state index in [9.17, 15) is 4.79 Å². The Morgan fingerprint density at radius 1 is 0.824 bits per heavy atom. The third-order valence-electron chi connectivity index (χ3n) is 5.61. The standard InChI is InChI=1S/C27H19Cl3N2O2/c28-19-10-12-21(13-11-19)32-26(31-25-7-2-1-6-23(25)27(32)33)17-4-3-5-22(14-17)34-16-18-8-9-20(29)15-24(18)30/h1-15,26,31H,16H2. The molecule has 0 fully saturated rings. The zero-order chi connectivity index (χ0) is 23.7. The van der Waals surface area contributed by atoms with Crippen LogP contribution in [0.1, 0.15) is 27.7 Å². The van der Waals surface area contributed by atoms with Crippen LogP contribution in [0.25, 0.3) is 0 Å². The molecule has 0 radical (unpaired) electrons. The third kappa shape index (κ3) is 4.58. The van der Waals surface area contributed by atoms with E-state index >= 15 is 0 Å². The molecule has 4 nitrogen and oxygen atoms in total. The van der Waals surface area contributed by atoms with Gasteiger partial charge in [-0.2, -0.15) is 0 Å². The first-order chi connectivity index (χ1) is 16.5. The number of benzene rings is 4. The second-order valence-electron chi connectivity index (χ2n) is 7.84. The van der Waals surface area contributed by atoms with Crippen molar-refractivity contribution in [3.8, 4) is 5.75 Å². The first-order valence-electron chi connectivity index (χ1n) is 10.6. The number of amides is 1. The van der Waals surface area contributed by atoms with Crippen molar-refractivity contribution in [2.45, 2.75) is 12.8 Å². The van der Waals surface area contributed by atoms with Crippen LogP contribution in [0.3, 0.4) is 0 Å². The van der Waals surface area contributed by atoms with Gasteiger partial charge < -0.3 is 10.1 Å². The summed E-state index contributed by atoms with van der Waals surface area (Å²) in [7, 11) is 0. The third-order valence-corrected chi connectivity index (χ3v) is 6.45. The summed E-state index contributed by atoms with van der Waals surface area (Å²) in [5.41, 5.74) is 3.83. The molecule has 1 unspecified atom stereocenters. The summed E-state index contributed by atoms with van der Waals surface area (Å²) in [5.74, 6) is 0.564. The van der Waals surface area contributed by atoms with E-state index in [-0.39, 0.29) is 5.91 Å². The maximum Gasteiger partial charge on any atom is 0.262 e. The van der Waals surface area contributed by atoms with E-state index in [1.807, 2.05) is 66.7 Å². The molecular formula is C27H19Cl3N2O2. The summed E-state index contributed by atoms with van der Waals surface area (Å²) >= 11 is 18.4. The van der Waals surface area contributed by atoms with Crippen molar-refractivity contribution in [3.63, 3.8) is 0 Å². The van der Waals surface area contributed by atoms with Gasteiger partial charge in [-0.1, -0.05) is 65.1 Å². The summed E-state index contributed by atoms with van der Waals surface area (Å²) in [6, 6.07) is 27.7. The van der Waals surface area contributed by atoms with E-state index in [0.29, 0.717) is 33.0 Å². The van der Waals surface area contributed by atoms with Crippen LogP contribution in [0.15, 0.2) is 91.0 Å². The number of carbonyl (C=O) groups excluding carboxylic acids is 1. The fourth-order valence-electron chi connectivity index (χ4n) is 3.93. The molecule has 1 amide bonds. The second-order valence-corrected chi connectivity index (χ2v) is 9.12.